The second-order valence-corrected chi connectivity index (χ2v) is 4.98. The molecule has 8 heteroatoms. The highest BCUT2D eigenvalue weighted by Gasteiger charge is 2.13. The van der Waals surface area contributed by atoms with Crippen molar-refractivity contribution in [1.29, 1.82) is 0 Å². The average molecular weight is 340 g/mol. The van der Waals surface area contributed by atoms with Gasteiger partial charge in [0.15, 0.2) is 11.5 Å². The van der Waals surface area contributed by atoms with Crippen molar-refractivity contribution in [3.8, 4) is 22.9 Å². The van der Waals surface area contributed by atoms with Crippen molar-refractivity contribution in [3.05, 3.63) is 54.2 Å². The molecule has 0 fully saturated rings. The van der Waals surface area contributed by atoms with Gasteiger partial charge in [0, 0.05) is 11.8 Å². The van der Waals surface area contributed by atoms with Crippen molar-refractivity contribution in [2.24, 2.45) is 0 Å². The SMILES string of the molecule is COc1ccc(-c2noc(CNC(=O)c3ccccn3)n2)cc1OC. The molecule has 8 nitrogen and oxygen atoms in total. The molecule has 0 unspecified atom stereocenters. The molecule has 0 saturated heterocycles. The van der Waals surface area contributed by atoms with E-state index in [1.54, 1.807) is 56.8 Å². The van der Waals surface area contributed by atoms with Gasteiger partial charge in [-0.25, -0.2) is 0 Å². The van der Waals surface area contributed by atoms with Crippen molar-refractivity contribution >= 4 is 5.91 Å². The van der Waals surface area contributed by atoms with E-state index in [-0.39, 0.29) is 18.3 Å². The molecule has 0 aliphatic carbocycles. The van der Waals surface area contributed by atoms with E-state index in [0.717, 1.165) is 0 Å². The molecule has 3 rings (SSSR count). The van der Waals surface area contributed by atoms with E-state index in [1.165, 1.54) is 0 Å². The molecule has 1 aromatic carbocycles. The lowest BCUT2D eigenvalue weighted by molar-refractivity contribution is 0.0941. The molecule has 1 N–H and O–H groups in total. The molecule has 0 aliphatic heterocycles. The summed E-state index contributed by atoms with van der Waals surface area (Å²) < 4.78 is 15.6. The first-order chi connectivity index (χ1) is 12.2. The summed E-state index contributed by atoms with van der Waals surface area (Å²) in [6.07, 6.45) is 1.55. The van der Waals surface area contributed by atoms with Gasteiger partial charge in [0.2, 0.25) is 11.7 Å². The largest absolute Gasteiger partial charge is 0.493 e. The fraction of sp³-hybridized carbons (Fsp3) is 0.176. The van der Waals surface area contributed by atoms with Gasteiger partial charge in [-0.1, -0.05) is 11.2 Å². The minimum absolute atomic E-state index is 0.107. The van der Waals surface area contributed by atoms with E-state index >= 15 is 0 Å². The van der Waals surface area contributed by atoms with Crippen LogP contribution in [0.5, 0.6) is 11.5 Å². The topological polar surface area (TPSA) is 99.4 Å². The van der Waals surface area contributed by atoms with Gasteiger partial charge in [0.25, 0.3) is 5.91 Å². The average Bonchev–Trinajstić information content (AvgIpc) is 3.15. The summed E-state index contributed by atoms with van der Waals surface area (Å²) in [5, 5.41) is 6.60. The van der Waals surface area contributed by atoms with Crippen LogP contribution in [0.2, 0.25) is 0 Å². The van der Waals surface area contributed by atoms with Crippen LogP contribution in [0, 0.1) is 0 Å². The second kappa shape index (κ2) is 7.43. The number of nitrogens with zero attached hydrogens (tertiary/aromatic N) is 3. The Morgan fingerprint density at radius 2 is 2.00 bits per heavy atom. The molecule has 3 aromatic rings. The van der Waals surface area contributed by atoms with Crippen LogP contribution in [0.1, 0.15) is 16.4 Å². The minimum atomic E-state index is -0.313. The summed E-state index contributed by atoms with van der Waals surface area (Å²) in [7, 11) is 3.12. The Bertz CT molecular complexity index is 864. The maximum Gasteiger partial charge on any atom is 0.270 e. The Kier molecular flexibility index (Phi) is 4.89. The molecule has 0 bridgehead atoms. The van der Waals surface area contributed by atoms with Crippen LogP contribution in [-0.2, 0) is 6.54 Å². The Labute approximate surface area is 143 Å². The number of carbonyl (C=O) groups excluding carboxylic acids is 1. The van der Waals surface area contributed by atoms with Crippen molar-refractivity contribution in [2.75, 3.05) is 14.2 Å². The fourth-order valence-corrected chi connectivity index (χ4v) is 2.16. The third kappa shape index (κ3) is 3.74. The number of pyridine rings is 1. The predicted molar refractivity (Wildman–Crippen MR) is 88.2 cm³/mol. The first-order valence-electron chi connectivity index (χ1n) is 7.45. The number of hydrogen-bond donors (Lipinski definition) is 1. The molecule has 1 amide bonds. The molecule has 0 spiro atoms. The van der Waals surface area contributed by atoms with Crippen molar-refractivity contribution in [3.63, 3.8) is 0 Å². The van der Waals surface area contributed by atoms with Crippen LogP contribution in [0.25, 0.3) is 11.4 Å². The normalized spacial score (nSPS) is 10.3. The highest BCUT2D eigenvalue weighted by molar-refractivity contribution is 5.92. The maximum absolute atomic E-state index is 12.0. The lowest BCUT2D eigenvalue weighted by Gasteiger charge is -2.07. The molecule has 2 heterocycles. The van der Waals surface area contributed by atoms with Gasteiger partial charge in [-0.15, -0.1) is 0 Å². The smallest absolute Gasteiger partial charge is 0.270 e. The lowest BCUT2D eigenvalue weighted by atomic mass is 10.2. The van der Waals surface area contributed by atoms with E-state index in [9.17, 15) is 4.79 Å². The number of methoxy groups -OCH3 is 2. The monoisotopic (exact) mass is 340 g/mol. The highest BCUT2D eigenvalue weighted by Crippen LogP contribution is 2.31. The number of benzene rings is 1. The molecule has 0 aliphatic rings. The highest BCUT2D eigenvalue weighted by atomic mass is 16.5. The Morgan fingerprint density at radius 1 is 1.16 bits per heavy atom. The summed E-state index contributed by atoms with van der Waals surface area (Å²) in [6, 6.07) is 10.4. The van der Waals surface area contributed by atoms with Crippen LogP contribution < -0.4 is 14.8 Å². The summed E-state index contributed by atoms with van der Waals surface area (Å²) in [5.41, 5.74) is 1.03. The van der Waals surface area contributed by atoms with Crippen molar-refractivity contribution in [1.82, 2.24) is 20.4 Å². The van der Waals surface area contributed by atoms with Crippen molar-refractivity contribution in [2.45, 2.75) is 6.54 Å². The zero-order valence-electron chi connectivity index (χ0n) is 13.7. The quantitative estimate of drug-likeness (QED) is 0.733. The fourth-order valence-electron chi connectivity index (χ4n) is 2.16. The molecular formula is C17H16N4O4. The summed E-state index contributed by atoms with van der Waals surface area (Å²) in [5.74, 6) is 1.54. The number of aromatic nitrogens is 3. The third-order valence-electron chi connectivity index (χ3n) is 3.41. The van der Waals surface area contributed by atoms with Crippen LogP contribution >= 0.6 is 0 Å². The number of carbonyl (C=O) groups is 1. The van der Waals surface area contributed by atoms with Crippen LogP contribution in [-0.4, -0.2) is 35.3 Å². The van der Waals surface area contributed by atoms with E-state index in [1.807, 2.05) is 0 Å². The number of ether oxygens (including phenoxy) is 2. The van der Waals surface area contributed by atoms with Crippen LogP contribution in [0.15, 0.2) is 47.1 Å². The first kappa shape index (κ1) is 16.4. The van der Waals surface area contributed by atoms with Gasteiger partial charge in [-0.3, -0.25) is 9.78 Å². The Morgan fingerprint density at radius 3 is 2.72 bits per heavy atom. The Hall–Kier alpha value is -3.42. The molecule has 0 radical (unpaired) electrons. The van der Waals surface area contributed by atoms with Gasteiger partial charge >= 0.3 is 0 Å². The molecule has 2 aromatic heterocycles. The number of hydrogen-bond acceptors (Lipinski definition) is 7. The summed E-state index contributed by atoms with van der Waals surface area (Å²) in [6.45, 7) is 0.107. The van der Waals surface area contributed by atoms with Crippen LogP contribution in [0.3, 0.4) is 0 Å². The Balaban J connectivity index is 1.69. The maximum atomic E-state index is 12.0. The molecule has 0 saturated carbocycles. The van der Waals surface area contributed by atoms with E-state index < -0.39 is 0 Å². The van der Waals surface area contributed by atoms with Crippen molar-refractivity contribution < 1.29 is 18.8 Å². The first-order valence-corrected chi connectivity index (χ1v) is 7.45. The predicted octanol–water partition coefficient (Wildman–Crippen LogP) is 2.08. The standard InChI is InChI=1S/C17H16N4O4/c1-23-13-7-6-11(9-14(13)24-2)16-20-15(25-21-16)10-19-17(22)12-5-3-4-8-18-12/h3-9H,10H2,1-2H3,(H,19,22). The van der Waals surface area contributed by atoms with Gasteiger partial charge < -0.3 is 19.3 Å². The molecule has 25 heavy (non-hydrogen) atoms. The summed E-state index contributed by atoms with van der Waals surface area (Å²) >= 11 is 0. The second-order valence-electron chi connectivity index (χ2n) is 4.98. The molecule has 128 valence electrons. The minimum Gasteiger partial charge on any atom is -0.493 e. The lowest BCUT2D eigenvalue weighted by Crippen LogP contribution is -2.23. The number of rotatable bonds is 6. The zero-order chi connectivity index (χ0) is 17.6. The van der Waals surface area contributed by atoms with E-state index in [0.29, 0.717) is 28.6 Å². The van der Waals surface area contributed by atoms with Crippen LogP contribution in [0.4, 0.5) is 0 Å². The van der Waals surface area contributed by atoms with Gasteiger partial charge in [-0.2, -0.15) is 4.98 Å². The summed E-state index contributed by atoms with van der Waals surface area (Å²) in [4.78, 5) is 20.2. The van der Waals surface area contributed by atoms with E-state index in [4.69, 9.17) is 14.0 Å². The van der Waals surface area contributed by atoms with Gasteiger partial charge in [-0.05, 0) is 30.3 Å². The number of amides is 1. The van der Waals surface area contributed by atoms with E-state index in [2.05, 4.69) is 20.4 Å². The van der Waals surface area contributed by atoms with Gasteiger partial charge in [0.1, 0.15) is 5.69 Å². The number of nitrogens with one attached hydrogen (secondary N) is 1. The molecular weight excluding hydrogens is 324 g/mol. The molecule has 0 atom stereocenters. The van der Waals surface area contributed by atoms with Gasteiger partial charge in [0.05, 0.1) is 20.8 Å². The zero-order valence-corrected chi connectivity index (χ0v) is 13.7. The third-order valence-corrected chi connectivity index (χ3v) is 3.41.